The molecule has 73 heavy (non-hydrogen) atoms. The number of nitrogens with zero attached hydrogens (tertiary/aromatic N) is 2. The van der Waals surface area contributed by atoms with Crippen LogP contribution in [-0.2, 0) is 33.3 Å². The molecule has 0 saturated heterocycles. The largest absolute Gasteiger partial charge is 2.00 e. The Morgan fingerprint density at radius 1 is 0.397 bits per heavy atom. The van der Waals surface area contributed by atoms with Crippen molar-refractivity contribution >= 4 is 80.7 Å². The van der Waals surface area contributed by atoms with Crippen molar-refractivity contribution in [1.82, 2.24) is 0 Å². The molecule has 0 radical (unpaired) electrons. The molecule has 2 N–H and O–H groups in total. The third-order valence-corrected chi connectivity index (χ3v) is 16.2. The fourth-order valence-electron chi connectivity index (χ4n) is 10.4. The van der Waals surface area contributed by atoms with Gasteiger partial charge in [-0.15, -0.1) is 0 Å². The van der Waals surface area contributed by atoms with Crippen LogP contribution in [0.25, 0.3) is 0 Å². The van der Waals surface area contributed by atoms with Crippen molar-refractivity contribution < 1.29 is 25.9 Å². The van der Waals surface area contributed by atoms with E-state index in [1.54, 1.807) is 12.1 Å². The molecule has 0 saturated carbocycles. The Hall–Kier alpha value is -2.84. The first-order valence-electron chi connectivity index (χ1n) is 28.3. The van der Waals surface area contributed by atoms with Crippen molar-refractivity contribution in [2.45, 2.75) is 242 Å². The standard InChI is InChI=1S/2C30H46N2O3S.Ca/c2*1-2-3-4-5-6-7-8-9-10-11-12-13-14-18-21-30-31-28-23-22-27(36(33,34)35)24-29(28)32(30)25-26-19-16-15-17-20-26;/h2*15-17,19-20,22-24,30-31H,2-14,18,21,25H2,1H3,(H,33,34,35);/q;;+2/p-2. The summed E-state index contributed by atoms with van der Waals surface area (Å²) >= 11 is 0. The van der Waals surface area contributed by atoms with Gasteiger partial charge in [-0.2, -0.15) is 0 Å². The van der Waals surface area contributed by atoms with E-state index in [4.69, 9.17) is 0 Å². The van der Waals surface area contributed by atoms with Crippen LogP contribution in [0.15, 0.2) is 107 Å². The number of rotatable bonds is 36. The van der Waals surface area contributed by atoms with E-state index < -0.39 is 20.2 Å². The van der Waals surface area contributed by atoms with Gasteiger partial charge < -0.3 is 29.5 Å². The van der Waals surface area contributed by atoms with E-state index >= 15 is 0 Å². The first-order valence-corrected chi connectivity index (χ1v) is 31.1. The van der Waals surface area contributed by atoms with E-state index in [9.17, 15) is 25.9 Å². The summed E-state index contributed by atoms with van der Waals surface area (Å²) in [5.41, 5.74) is 5.71. The van der Waals surface area contributed by atoms with Gasteiger partial charge in [0.1, 0.15) is 20.2 Å². The molecule has 4 aromatic rings. The number of fused-ring (bicyclic) bond motifs is 2. The molecule has 2 atom stereocenters. The van der Waals surface area contributed by atoms with Gasteiger partial charge in [0.2, 0.25) is 0 Å². The Kier molecular flexibility index (Phi) is 30.5. The average molecular weight is 1070 g/mol. The zero-order valence-corrected chi connectivity index (χ0v) is 48.7. The fourth-order valence-corrected chi connectivity index (χ4v) is 11.4. The van der Waals surface area contributed by atoms with Crippen LogP contribution in [0.5, 0.6) is 0 Å². The first kappa shape index (κ1) is 62.7. The molecule has 0 amide bonds. The minimum absolute atomic E-state index is 0. The Bertz CT molecular complexity index is 2160. The third kappa shape index (κ3) is 23.5. The zero-order valence-electron chi connectivity index (χ0n) is 44.9. The van der Waals surface area contributed by atoms with Crippen molar-refractivity contribution in [1.29, 1.82) is 0 Å². The van der Waals surface area contributed by atoms with Crippen molar-refractivity contribution in [2.75, 3.05) is 20.4 Å². The van der Waals surface area contributed by atoms with Gasteiger partial charge in [-0.3, -0.25) is 0 Å². The Labute approximate surface area is 473 Å². The molecule has 10 nitrogen and oxygen atoms in total. The summed E-state index contributed by atoms with van der Waals surface area (Å²) in [6.45, 7) is 5.89. The number of hydrogen-bond donors (Lipinski definition) is 2. The predicted molar refractivity (Wildman–Crippen MR) is 304 cm³/mol. The fraction of sp³-hybridized carbons (Fsp3) is 0.600. The van der Waals surface area contributed by atoms with Gasteiger partial charge >= 0.3 is 37.7 Å². The van der Waals surface area contributed by atoms with Crippen molar-refractivity contribution in [3.63, 3.8) is 0 Å². The minimum atomic E-state index is -4.49. The Morgan fingerprint density at radius 3 is 0.945 bits per heavy atom. The number of hydrogen-bond acceptors (Lipinski definition) is 10. The van der Waals surface area contributed by atoms with E-state index in [1.165, 1.54) is 191 Å². The molecular formula is C60H90CaN4O6S2. The van der Waals surface area contributed by atoms with Crippen molar-refractivity contribution in [3.05, 3.63) is 108 Å². The second-order valence-corrected chi connectivity index (χ2v) is 23.3. The SMILES string of the molecule is CCCCCCCCCCCCCCCCC1Nc2ccc(S(=O)(=O)[O-])cc2N1Cc1ccccc1.CCCCCCCCCCCCCCCCC1Nc2ccc(S(=O)(=O)[O-])cc2N1Cc1ccccc1.[Ca+2]. The van der Waals surface area contributed by atoms with Crippen LogP contribution in [0.2, 0.25) is 0 Å². The molecule has 0 spiro atoms. The first-order chi connectivity index (χ1) is 35.0. The topological polar surface area (TPSA) is 145 Å². The summed E-state index contributed by atoms with van der Waals surface area (Å²) in [5.74, 6) is 0. The maximum Gasteiger partial charge on any atom is 2.00 e. The van der Waals surface area contributed by atoms with Gasteiger partial charge in [0.05, 0.1) is 44.9 Å². The second-order valence-electron chi connectivity index (χ2n) is 20.6. The van der Waals surface area contributed by atoms with Crippen LogP contribution >= 0.6 is 0 Å². The van der Waals surface area contributed by atoms with E-state index in [-0.39, 0.29) is 59.9 Å². The quantitative estimate of drug-likeness (QED) is 0.0256. The van der Waals surface area contributed by atoms with E-state index in [2.05, 4.69) is 58.5 Å². The Balaban J connectivity index is 0.000000312. The number of benzene rings is 4. The van der Waals surface area contributed by atoms with Crippen LogP contribution in [0, 0.1) is 0 Å². The molecule has 13 heteroatoms. The van der Waals surface area contributed by atoms with Crippen LogP contribution < -0.4 is 20.4 Å². The van der Waals surface area contributed by atoms with E-state index in [1.807, 2.05) is 36.4 Å². The van der Waals surface area contributed by atoms with Crippen LogP contribution in [0.1, 0.15) is 218 Å². The van der Waals surface area contributed by atoms with Gasteiger partial charge in [0.15, 0.2) is 0 Å². The summed E-state index contributed by atoms with van der Waals surface area (Å²) in [6, 6.07) is 29.7. The minimum Gasteiger partial charge on any atom is -0.744 e. The smallest absolute Gasteiger partial charge is 0.744 e. The molecule has 0 bridgehead atoms. The monoisotopic (exact) mass is 1070 g/mol. The summed E-state index contributed by atoms with van der Waals surface area (Å²) in [6.07, 6.45) is 39.7. The molecule has 4 aromatic carbocycles. The van der Waals surface area contributed by atoms with Gasteiger partial charge in [-0.05, 0) is 73.2 Å². The molecular weight excluding hydrogens is 977 g/mol. The second kappa shape index (κ2) is 35.5. The normalized spacial score (nSPS) is 15.0. The maximum absolute atomic E-state index is 11.6. The Morgan fingerprint density at radius 2 is 0.671 bits per heavy atom. The number of nitrogens with one attached hydrogen (secondary N) is 2. The molecule has 0 aliphatic carbocycles. The molecule has 2 aliphatic rings. The average Bonchev–Trinajstić information content (AvgIpc) is 3.90. The predicted octanol–water partition coefficient (Wildman–Crippen LogP) is 16.1. The zero-order chi connectivity index (χ0) is 51.3. The van der Waals surface area contributed by atoms with Crippen molar-refractivity contribution in [3.8, 4) is 0 Å². The van der Waals surface area contributed by atoms with Gasteiger partial charge in [-0.1, -0.05) is 241 Å². The molecule has 2 aliphatic heterocycles. The molecule has 0 aromatic heterocycles. The van der Waals surface area contributed by atoms with Crippen LogP contribution in [-0.4, -0.2) is 76.0 Å². The molecule has 400 valence electrons. The maximum atomic E-state index is 11.6. The summed E-state index contributed by atoms with van der Waals surface area (Å²) < 4.78 is 69.6. The van der Waals surface area contributed by atoms with E-state index in [0.717, 1.165) is 59.6 Å². The van der Waals surface area contributed by atoms with Gasteiger partial charge in [0, 0.05) is 13.1 Å². The number of anilines is 4. The summed E-state index contributed by atoms with van der Waals surface area (Å²) in [4.78, 5) is 4.08. The molecule has 2 heterocycles. The van der Waals surface area contributed by atoms with Gasteiger partial charge in [-0.25, -0.2) is 16.8 Å². The molecule has 2 unspecified atom stereocenters. The van der Waals surface area contributed by atoms with Crippen LogP contribution in [0.3, 0.4) is 0 Å². The summed E-state index contributed by atoms with van der Waals surface area (Å²) in [5, 5.41) is 7.12. The third-order valence-electron chi connectivity index (χ3n) is 14.6. The van der Waals surface area contributed by atoms with E-state index in [0.29, 0.717) is 13.1 Å². The van der Waals surface area contributed by atoms with Crippen LogP contribution in [0.4, 0.5) is 22.7 Å². The molecule has 6 rings (SSSR count). The number of unbranched alkanes of at least 4 members (excludes halogenated alkanes) is 26. The molecule has 0 fully saturated rings. The van der Waals surface area contributed by atoms with Gasteiger partial charge in [0.25, 0.3) is 0 Å². The summed E-state index contributed by atoms with van der Waals surface area (Å²) in [7, 11) is -8.97. The van der Waals surface area contributed by atoms with Crippen molar-refractivity contribution in [2.24, 2.45) is 0 Å².